The van der Waals surface area contributed by atoms with Crippen molar-refractivity contribution in [3.8, 4) is 5.75 Å². The number of esters is 2. The van der Waals surface area contributed by atoms with E-state index in [1.165, 1.54) is 14.7 Å². The van der Waals surface area contributed by atoms with Gasteiger partial charge in [-0.25, -0.2) is 4.79 Å². The largest absolute Gasteiger partial charge is 0.691 e. The van der Waals surface area contributed by atoms with Gasteiger partial charge in [0, 0.05) is 11.8 Å². The number of cyclic esters (lactones) is 1. The molecule has 9 nitrogen and oxygen atoms in total. The van der Waals surface area contributed by atoms with Crippen LogP contribution in [0, 0.1) is 17.8 Å². The second-order valence-corrected chi connectivity index (χ2v) is 14.9. The van der Waals surface area contributed by atoms with Crippen LogP contribution in [0.25, 0.3) is 0 Å². The van der Waals surface area contributed by atoms with E-state index in [1.807, 2.05) is 52.0 Å². The minimum Gasteiger partial charge on any atom is -0.691 e. The number of ether oxygens (including phenoxy) is 3. The van der Waals surface area contributed by atoms with Crippen molar-refractivity contribution in [3.05, 3.63) is 84.9 Å². The summed E-state index contributed by atoms with van der Waals surface area (Å²) in [6.07, 6.45) is 2.78. The molecule has 3 atom stereocenters. The summed E-state index contributed by atoms with van der Waals surface area (Å²) in [7, 11) is -0.167. The minimum atomic E-state index is -4.03. The van der Waals surface area contributed by atoms with Gasteiger partial charge in [0.05, 0.1) is 17.3 Å². The zero-order chi connectivity index (χ0) is 37.0. The number of benzene rings is 3. The van der Waals surface area contributed by atoms with E-state index in [9.17, 15) is 28.4 Å². The Bertz CT molecular complexity index is 1500. The third-order valence-electron chi connectivity index (χ3n) is 8.80. The monoisotopic (exact) mass is 746 g/mol. The quantitative estimate of drug-likeness (QED) is 0.0672. The fraction of sp³-hybridized carbons (Fsp3) is 0.447. The van der Waals surface area contributed by atoms with Gasteiger partial charge in [0.15, 0.2) is 14.7 Å². The van der Waals surface area contributed by atoms with Gasteiger partial charge in [-0.05, 0) is 86.6 Å². The van der Waals surface area contributed by atoms with Gasteiger partial charge in [0.25, 0.3) is 0 Å². The van der Waals surface area contributed by atoms with Gasteiger partial charge in [-0.1, -0.05) is 64.1 Å². The zero-order valence-electron chi connectivity index (χ0n) is 29.1. The Morgan fingerprint density at radius 2 is 1.37 bits per heavy atom. The van der Waals surface area contributed by atoms with Crippen molar-refractivity contribution in [2.75, 3.05) is 6.61 Å². The molecule has 5 fully saturated rings. The van der Waals surface area contributed by atoms with E-state index in [0.29, 0.717) is 32.3 Å². The Balaban J connectivity index is 0.000000212. The Kier molecular flexibility index (Phi) is 14.9. The molecule has 51 heavy (non-hydrogen) atoms. The van der Waals surface area contributed by atoms with E-state index in [0.717, 1.165) is 18.6 Å². The summed E-state index contributed by atoms with van der Waals surface area (Å²) in [5.41, 5.74) is -0.982. The topological polar surface area (TPSA) is 120 Å². The molecule has 0 spiro atoms. The average molecular weight is 747 g/mol. The van der Waals surface area contributed by atoms with E-state index in [2.05, 4.69) is 70.0 Å². The molecule has 5 aliphatic rings. The lowest BCUT2D eigenvalue weighted by molar-refractivity contribution is -0.777. The Morgan fingerprint density at radius 3 is 1.86 bits per heavy atom. The molecule has 1 aliphatic heterocycles. The van der Waals surface area contributed by atoms with Crippen molar-refractivity contribution < 1.29 is 52.0 Å². The first kappa shape index (κ1) is 40.3. The SMILES string of the molecule is CC.CC.O=C1C2CC3CC1CC(OC(=O)C(F)(F)SOO[O-])(C3)C2.O=C1CC(Oc2ccc([S+](c3ccccc3)c3ccccc3)cc2)CO1. The highest BCUT2D eigenvalue weighted by Crippen LogP contribution is 2.56. The third-order valence-corrected chi connectivity index (χ3v) is 11.5. The first-order valence-corrected chi connectivity index (χ1v) is 19.2. The molecule has 0 amide bonds. The number of ketones is 1. The molecule has 8 rings (SSSR count). The normalized spacial score (nSPS) is 24.2. The lowest BCUT2D eigenvalue weighted by Gasteiger charge is -2.54. The second kappa shape index (κ2) is 18.8. The van der Waals surface area contributed by atoms with Crippen LogP contribution in [0.3, 0.4) is 0 Å². The third kappa shape index (κ3) is 10.3. The predicted molar refractivity (Wildman–Crippen MR) is 186 cm³/mol. The molecule has 4 saturated carbocycles. The van der Waals surface area contributed by atoms with Crippen LogP contribution in [0.1, 0.15) is 66.2 Å². The molecule has 0 aromatic heterocycles. The van der Waals surface area contributed by atoms with E-state index in [1.54, 1.807) is 0 Å². The van der Waals surface area contributed by atoms with Crippen LogP contribution >= 0.6 is 12.0 Å². The van der Waals surface area contributed by atoms with Gasteiger partial charge in [0.2, 0.25) is 0 Å². The van der Waals surface area contributed by atoms with Crippen LogP contribution in [0.2, 0.25) is 0 Å². The Labute approximate surface area is 304 Å². The first-order chi connectivity index (χ1) is 24.6. The van der Waals surface area contributed by atoms with Gasteiger partial charge < -0.3 is 19.5 Å². The van der Waals surface area contributed by atoms with Crippen molar-refractivity contribution in [2.24, 2.45) is 17.8 Å². The highest BCUT2D eigenvalue weighted by Gasteiger charge is 2.59. The van der Waals surface area contributed by atoms with Crippen LogP contribution in [0.15, 0.2) is 99.6 Å². The maximum absolute atomic E-state index is 13.4. The van der Waals surface area contributed by atoms with E-state index in [-0.39, 0.29) is 46.5 Å². The fourth-order valence-corrected chi connectivity index (χ4v) is 9.39. The van der Waals surface area contributed by atoms with E-state index >= 15 is 0 Å². The highest BCUT2D eigenvalue weighted by molar-refractivity contribution is 7.97. The zero-order valence-corrected chi connectivity index (χ0v) is 30.7. The molecule has 4 bridgehead atoms. The summed E-state index contributed by atoms with van der Waals surface area (Å²) < 4.78 is 46.3. The van der Waals surface area contributed by atoms with Gasteiger partial charge in [-0.15, -0.1) is 0 Å². The minimum absolute atomic E-state index is 0.167. The molecular formula is C38H44F2O9S2. The molecule has 3 aromatic carbocycles. The van der Waals surface area contributed by atoms with Gasteiger partial charge in [0.1, 0.15) is 41.9 Å². The maximum Gasteiger partial charge on any atom is 0.415 e. The summed E-state index contributed by atoms with van der Waals surface area (Å²) in [6.45, 7) is 8.33. The van der Waals surface area contributed by atoms with Crippen LogP contribution in [-0.2, 0) is 44.1 Å². The molecule has 1 saturated heterocycles. The van der Waals surface area contributed by atoms with Gasteiger partial charge in [-0.2, -0.15) is 13.1 Å². The molecule has 0 N–H and O–H groups in total. The Hall–Kier alpha value is -3.49. The number of Topliss-reactive ketones (excluding diaryl/α,β-unsaturated/α-hetero) is 1. The molecule has 3 unspecified atom stereocenters. The van der Waals surface area contributed by atoms with Gasteiger partial charge >= 0.3 is 17.2 Å². The van der Waals surface area contributed by atoms with E-state index < -0.39 is 28.9 Å². The predicted octanol–water partition coefficient (Wildman–Crippen LogP) is 7.67. The van der Waals surface area contributed by atoms with Crippen molar-refractivity contribution in [2.45, 2.75) is 97.9 Å². The molecule has 276 valence electrons. The smallest absolute Gasteiger partial charge is 0.415 e. The number of hydrogen-bond acceptors (Lipinski definition) is 10. The van der Waals surface area contributed by atoms with Crippen molar-refractivity contribution in [1.29, 1.82) is 0 Å². The number of carbonyl (C=O) groups is 3. The van der Waals surface area contributed by atoms with Crippen molar-refractivity contribution in [3.63, 3.8) is 0 Å². The second-order valence-electron chi connectivity index (χ2n) is 12.1. The molecular weight excluding hydrogens is 703 g/mol. The molecule has 4 aliphatic carbocycles. The van der Waals surface area contributed by atoms with Crippen LogP contribution < -0.4 is 9.99 Å². The summed E-state index contributed by atoms with van der Waals surface area (Å²) in [4.78, 5) is 38.6. The number of carbonyl (C=O) groups excluding carboxylic acids is 3. The summed E-state index contributed by atoms with van der Waals surface area (Å²) in [5, 5.41) is 8.37. The lowest BCUT2D eigenvalue weighted by Crippen LogP contribution is -2.57. The number of rotatable bonds is 10. The lowest BCUT2D eigenvalue weighted by atomic mass is 9.53. The number of hydrogen-bond donors (Lipinski definition) is 0. The summed E-state index contributed by atoms with van der Waals surface area (Å²) in [6, 6.07) is 29.2. The average Bonchev–Trinajstić information content (AvgIpc) is 3.57. The first-order valence-electron chi connectivity index (χ1n) is 17.2. The molecule has 1 heterocycles. The van der Waals surface area contributed by atoms with Crippen LogP contribution in [0.4, 0.5) is 8.78 Å². The molecule has 13 heteroatoms. The number of alkyl halides is 2. The summed E-state index contributed by atoms with van der Waals surface area (Å²) in [5.74, 6) is -1.16. The van der Waals surface area contributed by atoms with Gasteiger partial charge in [-0.3, -0.25) is 14.6 Å². The summed E-state index contributed by atoms with van der Waals surface area (Å²) >= 11 is -0.694. The number of halogens is 2. The van der Waals surface area contributed by atoms with Crippen LogP contribution in [-0.4, -0.2) is 41.3 Å². The molecule has 0 radical (unpaired) electrons. The highest BCUT2D eigenvalue weighted by atomic mass is 32.2. The maximum atomic E-state index is 13.4. The Morgan fingerprint density at radius 1 is 0.843 bits per heavy atom. The van der Waals surface area contributed by atoms with Crippen LogP contribution in [0.5, 0.6) is 5.75 Å². The molecule has 3 aromatic rings. The van der Waals surface area contributed by atoms with Crippen molar-refractivity contribution in [1.82, 2.24) is 0 Å². The fourth-order valence-electron chi connectivity index (χ4n) is 7.08. The van der Waals surface area contributed by atoms with E-state index in [4.69, 9.17) is 14.2 Å². The van der Waals surface area contributed by atoms with Crippen molar-refractivity contribution >= 4 is 40.7 Å². The standard InChI is InChI=1S/C22H19O3S.C12H14F2O6S.2C2H6/c23-22-15-18(16-24-22)25-17-11-13-21(14-12-17)26(19-7-3-1-4-8-19)20-9-5-2-6-10-20;13-12(14,21-20-19-17)10(16)18-11-3-6-1-7(4-11)9(15)8(2-6)5-11;2*1-2/h1-14,18H,15-16H2;6-8,17H,1-5H2;2*1-2H3/q+1;;;/p-1.